The molecule has 10 heteroatoms. The predicted octanol–water partition coefficient (Wildman–Crippen LogP) is -1.17. The van der Waals surface area contributed by atoms with Gasteiger partial charge in [-0.3, -0.25) is 4.90 Å². The van der Waals surface area contributed by atoms with Gasteiger partial charge >= 0.3 is 5.69 Å². The van der Waals surface area contributed by atoms with Gasteiger partial charge in [-0.05, 0) is 18.2 Å². The zero-order valence-corrected chi connectivity index (χ0v) is 13.8. The van der Waals surface area contributed by atoms with Gasteiger partial charge in [0.1, 0.15) is 0 Å². The van der Waals surface area contributed by atoms with Crippen molar-refractivity contribution in [2.75, 3.05) is 39.4 Å². The SMILES string of the molecule is O=c1[nH]c2ccc(S(=O)(=O)NCC(O)CN3CCOCC3)cc2[nH]1. The Morgan fingerprint density at radius 1 is 1.25 bits per heavy atom. The van der Waals surface area contributed by atoms with Gasteiger partial charge in [0.05, 0.1) is 35.2 Å². The van der Waals surface area contributed by atoms with E-state index < -0.39 is 21.8 Å². The number of morpholine rings is 1. The third-order valence-electron chi connectivity index (χ3n) is 3.88. The molecule has 2 aromatic rings. The van der Waals surface area contributed by atoms with E-state index in [1.807, 2.05) is 4.90 Å². The molecule has 0 radical (unpaired) electrons. The first-order chi connectivity index (χ1) is 11.4. The summed E-state index contributed by atoms with van der Waals surface area (Å²) in [6.07, 6.45) is -0.811. The number of imidazole rings is 1. The van der Waals surface area contributed by atoms with Gasteiger partial charge in [-0.15, -0.1) is 0 Å². The van der Waals surface area contributed by atoms with E-state index in [0.717, 1.165) is 13.1 Å². The molecular formula is C14H20N4O5S. The Labute approximate surface area is 138 Å². The average Bonchev–Trinajstić information content (AvgIpc) is 2.93. The van der Waals surface area contributed by atoms with Crippen molar-refractivity contribution in [1.29, 1.82) is 0 Å². The van der Waals surface area contributed by atoms with E-state index in [0.29, 0.717) is 30.8 Å². The minimum Gasteiger partial charge on any atom is -0.390 e. The van der Waals surface area contributed by atoms with E-state index in [2.05, 4.69) is 14.7 Å². The molecule has 24 heavy (non-hydrogen) atoms. The summed E-state index contributed by atoms with van der Waals surface area (Å²) in [5.74, 6) is 0. The maximum atomic E-state index is 12.3. The Morgan fingerprint density at radius 2 is 1.96 bits per heavy atom. The average molecular weight is 356 g/mol. The van der Waals surface area contributed by atoms with Crippen LogP contribution in [0.1, 0.15) is 0 Å². The van der Waals surface area contributed by atoms with Crippen LogP contribution >= 0.6 is 0 Å². The van der Waals surface area contributed by atoms with Crippen molar-refractivity contribution in [3.8, 4) is 0 Å². The van der Waals surface area contributed by atoms with Crippen LogP contribution < -0.4 is 10.4 Å². The Balaban J connectivity index is 1.62. The summed E-state index contributed by atoms with van der Waals surface area (Å²) in [4.78, 5) is 18.4. The van der Waals surface area contributed by atoms with Crippen LogP contribution in [0.4, 0.5) is 0 Å². The molecule has 1 aromatic heterocycles. The number of aromatic amines is 2. The van der Waals surface area contributed by atoms with Crippen LogP contribution in [0.5, 0.6) is 0 Å². The summed E-state index contributed by atoms with van der Waals surface area (Å²) < 4.78 is 32.3. The Hall–Kier alpha value is -1.72. The van der Waals surface area contributed by atoms with Gasteiger partial charge in [0.15, 0.2) is 0 Å². The summed E-state index contributed by atoms with van der Waals surface area (Å²) in [7, 11) is -3.77. The molecule has 3 rings (SSSR count). The molecule has 0 spiro atoms. The number of rotatable bonds is 6. The summed E-state index contributed by atoms with van der Waals surface area (Å²) in [5, 5.41) is 10.0. The van der Waals surface area contributed by atoms with E-state index in [4.69, 9.17) is 4.74 Å². The zero-order chi connectivity index (χ0) is 17.2. The molecule has 4 N–H and O–H groups in total. The summed E-state index contributed by atoms with van der Waals surface area (Å²) in [6.45, 7) is 2.99. The van der Waals surface area contributed by atoms with Gasteiger partial charge < -0.3 is 19.8 Å². The summed E-state index contributed by atoms with van der Waals surface area (Å²) in [5.41, 5.74) is 0.552. The second-order valence-electron chi connectivity index (χ2n) is 5.71. The molecule has 0 amide bonds. The molecule has 2 heterocycles. The Morgan fingerprint density at radius 3 is 2.71 bits per heavy atom. The monoisotopic (exact) mass is 356 g/mol. The molecule has 1 aromatic carbocycles. The van der Waals surface area contributed by atoms with Crippen LogP contribution in [0.15, 0.2) is 27.9 Å². The molecule has 1 fully saturated rings. The lowest BCUT2D eigenvalue weighted by molar-refractivity contribution is 0.0158. The molecule has 0 aliphatic carbocycles. The van der Waals surface area contributed by atoms with E-state index in [1.165, 1.54) is 18.2 Å². The highest BCUT2D eigenvalue weighted by Gasteiger charge is 2.19. The highest BCUT2D eigenvalue weighted by molar-refractivity contribution is 7.89. The number of aliphatic hydroxyl groups excluding tert-OH is 1. The predicted molar refractivity (Wildman–Crippen MR) is 87.4 cm³/mol. The van der Waals surface area contributed by atoms with Gasteiger partial charge in [-0.2, -0.15) is 0 Å². The highest BCUT2D eigenvalue weighted by atomic mass is 32.2. The number of fused-ring (bicyclic) bond motifs is 1. The lowest BCUT2D eigenvalue weighted by atomic mass is 10.3. The van der Waals surface area contributed by atoms with E-state index in [1.54, 1.807) is 0 Å². The molecule has 1 saturated heterocycles. The maximum Gasteiger partial charge on any atom is 0.323 e. The minimum absolute atomic E-state index is 0.0313. The van der Waals surface area contributed by atoms with Gasteiger partial charge in [0, 0.05) is 26.2 Å². The van der Waals surface area contributed by atoms with Crippen LogP contribution in [0.25, 0.3) is 11.0 Å². The Bertz CT molecular complexity index is 853. The second kappa shape index (κ2) is 7.03. The third-order valence-corrected chi connectivity index (χ3v) is 5.30. The number of aromatic nitrogens is 2. The summed E-state index contributed by atoms with van der Waals surface area (Å²) in [6, 6.07) is 4.30. The summed E-state index contributed by atoms with van der Waals surface area (Å²) >= 11 is 0. The number of ether oxygens (including phenoxy) is 1. The van der Waals surface area contributed by atoms with E-state index in [-0.39, 0.29) is 11.4 Å². The topological polar surface area (TPSA) is 128 Å². The number of hydrogen-bond donors (Lipinski definition) is 4. The van der Waals surface area contributed by atoms with Crippen LogP contribution in [-0.2, 0) is 14.8 Å². The fourth-order valence-electron chi connectivity index (χ4n) is 2.61. The number of benzene rings is 1. The fourth-order valence-corrected chi connectivity index (χ4v) is 3.71. The lowest BCUT2D eigenvalue weighted by Crippen LogP contribution is -2.44. The Kier molecular flexibility index (Phi) is 5.01. The number of β-amino-alcohol motifs (C(OH)–C–C–N with tert-alkyl or cyclic N) is 1. The zero-order valence-electron chi connectivity index (χ0n) is 13.0. The van der Waals surface area contributed by atoms with Crippen molar-refractivity contribution >= 4 is 21.1 Å². The largest absolute Gasteiger partial charge is 0.390 e. The smallest absolute Gasteiger partial charge is 0.323 e. The first-order valence-electron chi connectivity index (χ1n) is 7.64. The standard InChI is InChI=1S/C14H20N4O5S/c19-10(9-18-3-5-23-6-4-18)8-15-24(21,22)11-1-2-12-13(7-11)17-14(20)16-12/h1-2,7,10,15,19H,3-6,8-9H2,(H2,16,17,20). The number of aliphatic hydroxyl groups is 1. The van der Waals surface area contributed by atoms with Gasteiger partial charge in [-0.25, -0.2) is 17.9 Å². The van der Waals surface area contributed by atoms with Gasteiger partial charge in [0.2, 0.25) is 10.0 Å². The van der Waals surface area contributed by atoms with E-state index in [9.17, 15) is 18.3 Å². The van der Waals surface area contributed by atoms with Crippen molar-refractivity contribution in [2.45, 2.75) is 11.0 Å². The first-order valence-corrected chi connectivity index (χ1v) is 9.12. The fraction of sp³-hybridized carbons (Fsp3) is 0.500. The maximum absolute atomic E-state index is 12.3. The molecule has 9 nitrogen and oxygen atoms in total. The molecule has 1 aliphatic heterocycles. The number of nitrogens with zero attached hydrogens (tertiary/aromatic N) is 1. The van der Waals surface area contributed by atoms with Crippen molar-refractivity contribution in [3.05, 3.63) is 28.7 Å². The number of hydrogen-bond acceptors (Lipinski definition) is 6. The highest BCUT2D eigenvalue weighted by Crippen LogP contribution is 2.14. The third kappa shape index (κ3) is 4.02. The minimum atomic E-state index is -3.77. The van der Waals surface area contributed by atoms with Crippen LogP contribution in [-0.4, -0.2) is 73.9 Å². The van der Waals surface area contributed by atoms with E-state index >= 15 is 0 Å². The van der Waals surface area contributed by atoms with Crippen LogP contribution in [0, 0.1) is 0 Å². The molecule has 0 saturated carbocycles. The number of H-pyrrole nitrogens is 2. The van der Waals surface area contributed by atoms with Gasteiger partial charge in [-0.1, -0.05) is 0 Å². The van der Waals surface area contributed by atoms with Crippen molar-refractivity contribution in [3.63, 3.8) is 0 Å². The molecule has 0 bridgehead atoms. The quantitative estimate of drug-likeness (QED) is 0.516. The van der Waals surface area contributed by atoms with Crippen molar-refractivity contribution in [2.24, 2.45) is 0 Å². The first kappa shape index (κ1) is 17.1. The molecule has 1 unspecified atom stereocenters. The molecular weight excluding hydrogens is 336 g/mol. The van der Waals surface area contributed by atoms with Crippen LogP contribution in [0.2, 0.25) is 0 Å². The van der Waals surface area contributed by atoms with Crippen molar-refractivity contribution in [1.82, 2.24) is 19.6 Å². The lowest BCUT2D eigenvalue weighted by Gasteiger charge is -2.28. The normalized spacial score (nSPS) is 18.0. The number of nitrogens with one attached hydrogen (secondary N) is 3. The molecule has 1 atom stereocenters. The van der Waals surface area contributed by atoms with Gasteiger partial charge in [0.25, 0.3) is 0 Å². The molecule has 132 valence electrons. The number of sulfonamides is 1. The second-order valence-corrected chi connectivity index (χ2v) is 7.47. The van der Waals surface area contributed by atoms with Crippen LogP contribution in [0.3, 0.4) is 0 Å². The van der Waals surface area contributed by atoms with Crippen molar-refractivity contribution < 1.29 is 18.3 Å². The molecule has 1 aliphatic rings.